The number of nitrogens with zero attached hydrogens (tertiary/aromatic N) is 4. The van der Waals surface area contributed by atoms with Crippen LogP contribution in [0, 0.1) is 11.3 Å². The third kappa shape index (κ3) is 2.14. The van der Waals surface area contributed by atoms with Crippen molar-refractivity contribution >= 4 is 5.91 Å². The first-order chi connectivity index (χ1) is 8.24. The lowest BCUT2D eigenvalue weighted by atomic mass is 10.3. The molecular formula is C9H8N6O2. The molecule has 1 amide bonds. The third-order valence-electron chi connectivity index (χ3n) is 2.06. The van der Waals surface area contributed by atoms with Gasteiger partial charge in [-0.05, 0) is 0 Å². The van der Waals surface area contributed by atoms with Crippen LogP contribution < -0.4 is 11.3 Å². The Labute approximate surface area is 95.6 Å². The smallest absolute Gasteiger partial charge is 0.287 e. The van der Waals surface area contributed by atoms with Crippen LogP contribution in [0.1, 0.15) is 22.1 Å². The quantitative estimate of drug-likeness (QED) is 0.413. The van der Waals surface area contributed by atoms with Gasteiger partial charge < -0.3 is 9.09 Å². The molecule has 0 saturated heterocycles. The zero-order chi connectivity index (χ0) is 12.3. The van der Waals surface area contributed by atoms with Crippen molar-refractivity contribution < 1.29 is 9.32 Å². The first-order valence-corrected chi connectivity index (χ1v) is 4.62. The highest BCUT2D eigenvalue weighted by molar-refractivity contribution is 5.91. The lowest BCUT2D eigenvalue weighted by molar-refractivity contribution is 0.0944. The molecule has 2 rings (SSSR count). The number of nitrogens with one attached hydrogen (secondary N) is 1. The van der Waals surface area contributed by atoms with Crippen LogP contribution in [0.4, 0.5) is 0 Å². The topological polar surface area (TPSA) is 123 Å². The Kier molecular flexibility index (Phi) is 2.85. The van der Waals surface area contributed by atoms with Crippen LogP contribution in [-0.4, -0.2) is 20.6 Å². The van der Waals surface area contributed by atoms with Crippen molar-refractivity contribution in [1.82, 2.24) is 20.1 Å². The number of imidazole rings is 1. The molecule has 86 valence electrons. The number of carbonyl (C=O) groups is 1. The largest absolute Gasteiger partial charge is 0.359 e. The van der Waals surface area contributed by atoms with Crippen LogP contribution in [0.5, 0.6) is 0 Å². The monoisotopic (exact) mass is 232 g/mol. The molecule has 0 atom stereocenters. The molecule has 2 aromatic rings. The van der Waals surface area contributed by atoms with Crippen LogP contribution in [0.15, 0.2) is 23.0 Å². The van der Waals surface area contributed by atoms with E-state index in [1.807, 2.05) is 11.5 Å². The van der Waals surface area contributed by atoms with Gasteiger partial charge in [-0.25, -0.2) is 10.8 Å². The summed E-state index contributed by atoms with van der Waals surface area (Å²) in [7, 11) is 0. The summed E-state index contributed by atoms with van der Waals surface area (Å²) in [4.78, 5) is 15.0. The van der Waals surface area contributed by atoms with Crippen molar-refractivity contribution in [2.75, 3.05) is 0 Å². The lowest BCUT2D eigenvalue weighted by Gasteiger charge is -1.97. The molecule has 17 heavy (non-hydrogen) atoms. The second-order valence-corrected chi connectivity index (χ2v) is 3.14. The van der Waals surface area contributed by atoms with Gasteiger partial charge in [0.2, 0.25) is 5.82 Å². The van der Waals surface area contributed by atoms with Gasteiger partial charge in [0.05, 0.1) is 6.54 Å². The molecule has 0 aliphatic carbocycles. The van der Waals surface area contributed by atoms with Crippen LogP contribution in [0.2, 0.25) is 0 Å². The molecular weight excluding hydrogens is 224 g/mol. The summed E-state index contributed by atoms with van der Waals surface area (Å²) in [5.74, 6) is 5.10. The fraction of sp³-hybridized carbons (Fsp3) is 0.111. The minimum Gasteiger partial charge on any atom is -0.359 e. The highest BCUT2D eigenvalue weighted by Gasteiger charge is 2.12. The number of nitriles is 1. The predicted molar refractivity (Wildman–Crippen MR) is 54.2 cm³/mol. The maximum atomic E-state index is 11.1. The summed E-state index contributed by atoms with van der Waals surface area (Å²) in [6.45, 7) is 0.272. The van der Waals surface area contributed by atoms with Gasteiger partial charge in [-0.1, -0.05) is 5.16 Å². The van der Waals surface area contributed by atoms with E-state index in [0.717, 1.165) is 0 Å². The molecule has 0 unspecified atom stereocenters. The molecule has 0 saturated carbocycles. The van der Waals surface area contributed by atoms with Crippen LogP contribution in [0.3, 0.4) is 0 Å². The Hall–Kier alpha value is -2.66. The molecule has 0 aliphatic heterocycles. The van der Waals surface area contributed by atoms with Crippen LogP contribution >= 0.6 is 0 Å². The van der Waals surface area contributed by atoms with E-state index < -0.39 is 5.91 Å². The molecule has 0 spiro atoms. The maximum absolute atomic E-state index is 11.1. The Balaban J connectivity index is 2.18. The van der Waals surface area contributed by atoms with Gasteiger partial charge >= 0.3 is 0 Å². The van der Waals surface area contributed by atoms with E-state index in [-0.39, 0.29) is 18.1 Å². The molecule has 0 fully saturated rings. The first-order valence-electron chi connectivity index (χ1n) is 4.62. The fourth-order valence-electron chi connectivity index (χ4n) is 1.29. The lowest BCUT2D eigenvalue weighted by Crippen LogP contribution is -2.30. The van der Waals surface area contributed by atoms with E-state index in [1.165, 1.54) is 12.3 Å². The Morgan fingerprint density at radius 1 is 1.71 bits per heavy atom. The second kappa shape index (κ2) is 4.46. The predicted octanol–water partition coefficient (Wildman–Crippen LogP) is -0.605. The second-order valence-electron chi connectivity index (χ2n) is 3.14. The van der Waals surface area contributed by atoms with Gasteiger partial charge in [0.1, 0.15) is 6.07 Å². The van der Waals surface area contributed by atoms with Crippen LogP contribution in [0.25, 0.3) is 0 Å². The standard InChI is InChI=1S/C9H8N6O2/c10-4-8-12-1-2-15(8)5-6-3-7(14-17-6)9(16)13-11/h1-3H,5,11H2,(H,13,16). The molecule has 3 N–H and O–H groups in total. The van der Waals surface area contributed by atoms with E-state index in [4.69, 9.17) is 15.6 Å². The molecule has 0 aliphatic rings. The van der Waals surface area contributed by atoms with Gasteiger partial charge in [0.25, 0.3) is 5.91 Å². The highest BCUT2D eigenvalue weighted by atomic mass is 16.5. The maximum Gasteiger partial charge on any atom is 0.287 e. The molecule has 2 aromatic heterocycles. The van der Waals surface area contributed by atoms with Gasteiger partial charge in [0, 0.05) is 18.5 Å². The minimum absolute atomic E-state index is 0.0844. The normalized spacial score (nSPS) is 9.88. The van der Waals surface area contributed by atoms with Crippen molar-refractivity contribution in [3.8, 4) is 6.07 Å². The van der Waals surface area contributed by atoms with Gasteiger partial charge in [-0.3, -0.25) is 10.2 Å². The summed E-state index contributed by atoms with van der Waals surface area (Å²) < 4.78 is 6.51. The van der Waals surface area contributed by atoms with Gasteiger partial charge in [-0.2, -0.15) is 5.26 Å². The van der Waals surface area contributed by atoms with Gasteiger partial charge in [-0.15, -0.1) is 0 Å². The van der Waals surface area contributed by atoms with E-state index in [0.29, 0.717) is 5.76 Å². The number of aromatic nitrogens is 3. The fourth-order valence-corrected chi connectivity index (χ4v) is 1.29. The number of hydrogen-bond donors (Lipinski definition) is 2. The molecule has 0 aromatic carbocycles. The van der Waals surface area contributed by atoms with E-state index in [9.17, 15) is 4.79 Å². The molecule has 2 heterocycles. The summed E-state index contributed by atoms with van der Waals surface area (Å²) in [5.41, 5.74) is 2.03. The average molecular weight is 232 g/mol. The molecule has 0 radical (unpaired) electrons. The summed E-state index contributed by atoms with van der Waals surface area (Å²) in [6.07, 6.45) is 3.13. The Morgan fingerprint density at radius 3 is 3.24 bits per heavy atom. The zero-order valence-electron chi connectivity index (χ0n) is 8.62. The number of nitrogen functional groups attached to an aromatic ring is 1. The zero-order valence-corrected chi connectivity index (χ0v) is 8.62. The number of hydrazine groups is 1. The number of amides is 1. The number of nitrogens with two attached hydrogens (primary N) is 1. The highest BCUT2D eigenvalue weighted by Crippen LogP contribution is 2.07. The number of rotatable bonds is 3. The number of hydrogen-bond acceptors (Lipinski definition) is 6. The van der Waals surface area contributed by atoms with Crippen molar-refractivity contribution in [3.05, 3.63) is 35.7 Å². The summed E-state index contributed by atoms with van der Waals surface area (Å²) in [6, 6.07) is 3.37. The summed E-state index contributed by atoms with van der Waals surface area (Å²) >= 11 is 0. The van der Waals surface area contributed by atoms with Gasteiger partial charge in [0.15, 0.2) is 11.5 Å². The first kappa shape index (κ1) is 10.8. The van der Waals surface area contributed by atoms with Crippen molar-refractivity contribution in [2.24, 2.45) is 5.84 Å². The average Bonchev–Trinajstić information content (AvgIpc) is 2.97. The molecule has 8 nitrogen and oxygen atoms in total. The van der Waals surface area contributed by atoms with Crippen molar-refractivity contribution in [3.63, 3.8) is 0 Å². The van der Waals surface area contributed by atoms with E-state index >= 15 is 0 Å². The minimum atomic E-state index is -0.536. The van der Waals surface area contributed by atoms with E-state index in [2.05, 4.69) is 10.1 Å². The number of carbonyl (C=O) groups excluding carboxylic acids is 1. The third-order valence-corrected chi connectivity index (χ3v) is 2.06. The van der Waals surface area contributed by atoms with E-state index in [1.54, 1.807) is 10.8 Å². The Bertz CT molecular complexity index is 578. The Morgan fingerprint density at radius 2 is 2.53 bits per heavy atom. The summed E-state index contributed by atoms with van der Waals surface area (Å²) in [5, 5.41) is 12.3. The molecule has 8 heteroatoms. The van der Waals surface area contributed by atoms with Crippen molar-refractivity contribution in [1.29, 1.82) is 5.26 Å². The van der Waals surface area contributed by atoms with Crippen molar-refractivity contribution in [2.45, 2.75) is 6.54 Å². The van der Waals surface area contributed by atoms with Crippen LogP contribution in [-0.2, 0) is 6.54 Å². The molecule has 0 bridgehead atoms. The SMILES string of the molecule is N#Cc1nccn1Cc1cc(C(=O)NN)no1.